The first kappa shape index (κ1) is 22.0. The molecule has 152 valence electrons. The topological polar surface area (TPSA) is 79.0 Å². The smallest absolute Gasteiger partial charge is 0.304 e. The van der Waals surface area contributed by atoms with Crippen LogP contribution >= 0.6 is 11.6 Å². The van der Waals surface area contributed by atoms with Crippen LogP contribution in [0.3, 0.4) is 0 Å². The number of benzene rings is 2. The molecule has 0 fully saturated rings. The number of rotatable bonds is 7. The zero-order chi connectivity index (χ0) is 21.1. The van der Waals surface area contributed by atoms with Crippen LogP contribution in [-0.4, -0.2) is 46.4 Å². The summed E-state index contributed by atoms with van der Waals surface area (Å²) in [4.78, 5) is 12.7. The number of aryl methyl sites for hydroxylation is 2. The van der Waals surface area contributed by atoms with Gasteiger partial charge in [-0.1, -0.05) is 23.7 Å². The maximum absolute atomic E-state index is 12.9. The lowest BCUT2D eigenvalue weighted by molar-refractivity contribution is -0.114. The number of anilines is 2. The standard InChI is InChI=1S/C19H24ClN3O4S/c1-13-6-7-14(2)17(10-13)23(28(25,26)22(3)4)12-19(24)21-16-11-15(20)8-9-18(16)27-5/h6-11H,12H2,1-5H3,(H,21,24). The quantitative estimate of drug-likeness (QED) is 0.738. The molecule has 0 bridgehead atoms. The number of amides is 1. The molecule has 2 aromatic carbocycles. The van der Waals surface area contributed by atoms with Crippen molar-refractivity contribution in [3.8, 4) is 5.75 Å². The minimum absolute atomic E-state index is 0.364. The van der Waals surface area contributed by atoms with E-state index in [0.29, 0.717) is 22.1 Å². The van der Waals surface area contributed by atoms with E-state index in [9.17, 15) is 13.2 Å². The maximum Gasteiger partial charge on any atom is 0.304 e. The molecule has 0 aromatic heterocycles. The van der Waals surface area contributed by atoms with Gasteiger partial charge in [0, 0.05) is 19.1 Å². The molecule has 1 amide bonds. The Balaban J connectivity index is 2.40. The van der Waals surface area contributed by atoms with Crippen LogP contribution in [0, 0.1) is 13.8 Å². The van der Waals surface area contributed by atoms with E-state index in [2.05, 4.69) is 5.32 Å². The molecule has 0 heterocycles. The van der Waals surface area contributed by atoms with Crippen LogP contribution in [0.2, 0.25) is 5.02 Å². The van der Waals surface area contributed by atoms with Crippen LogP contribution in [0.15, 0.2) is 36.4 Å². The summed E-state index contributed by atoms with van der Waals surface area (Å²) in [5.74, 6) is -0.0987. The highest BCUT2D eigenvalue weighted by atomic mass is 35.5. The molecule has 0 saturated carbocycles. The highest BCUT2D eigenvalue weighted by molar-refractivity contribution is 7.90. The monoisotopic (exact) mass is 425 g/mol. The second kappa shape index (κ2) is 8.81. The third-order valence-electron chi connectivity index (χ3n) is 4.10. The molecule has 0 aliphatic carbocycles. The fraction of sp³-hybridized carbons (Fsp3) is 0.316. The highest BCUT2D eigenvalue weighted by Gasteiger charge is 2.28. The Bertz CT molecular complexity index is 977. The van der Waals surface area contributed by atoms with Gasteiger partial charge in [0.05, 0.1) is 18.5 Å². The number of methoxy groups -OCH3 is 1. The van der Waals surface area contributed by atoms with E-state index in [0.717, 1.165) is 19.7 Å². The summed E-state index contributed by atoms with van der Waals surface area (Å²) in [6.07, 6.45) is 0. The Morgan fingerprint density at radius 1 is 1.14 bits per heavy atom. The normalized spacial score (nSPS) is 11.4. The number of carbonyl (C=O) groups is 1. The third kappa shape index (κ3) is 4.95. The first-order valence-electron chi connectivity index (χ1n) is 8.47. The van der Waals surface area contributed by atoms with Crippen LogP contribution < -0.4 is 14.4 Å². The molecule has 28 heavy (non-hydrogen) atoms. The summed E-state index contributed by atoms with van der Waals surface area (Å²) in [7, 11) is 0.420. The number of ether oxygens (including phenoxy) is 1. The predicted molar refractivity (Wildman–Crippen MR) is 113 cm³/mol. The molecule has 0 atom stereocenters. The van der Waals surface area contributed by atoms with Crippen LogP contribution in [-0.2, 0) is 15.0 Å². The van der Waals surface area contributed by atoms with E-state index in [4.69, 9.17) is 16.3 Å². The summed E-state index contributed by atoms with van der Waals surface area (Å²) in [5, 5.41) is 3.09. The van der Waals surface area contributed by atoms with Gasteiger partial charge in [0.2, 0.25) is 5.91 Å². The van der Waals surface area contributed by atoms with Crippen molar-refractivity contribution in [2.75, 3.05) is 37.4 Å². The summed E-state index contributed by atoms with van der Waals surface area (Å²) in [6, 6.07) is 10.2. The molecule has 0 unspecified atom stereocenters. The number of halogens is 1. The lowest BCUT2D eigenvalue weighted by Gasteiger charge is -2.28. The van der Waals surface area contributed by atoms with Gasteiger partial charge in [-0.2, -0.15) is 12.7 Å². The van der Waals surface area contributed by atoms with Gasteiger partial charge < -0.3 is 10.1 Å². The van der Waals surface area contributed by atoms with Crippen LogP contribution in [0.25, 0.3) is 0 Å². The Labute approximate surface area is 171 Å². The second-order valence-corrected chi connectivity index (χ2v) is 8.98. The Morgan fingerprint density at radius 2 is 1.82 bits per heavy atom. The fourth-order valence-corrected chi connectivity index (χ4v) is 3.87. The number of hydrogen-bond acceptors (Lipinski definition) is 4. The minimum atomic E-state index is -3.89. The van der Waals surface area contributed by atoms with Crippen LogP contribution in [0.5, 0.6) is 5.75 Å². The molecule has 1 N–H and O–H groups in total. The van der Waals surface area contributed by atoms with Gasteiger partial charge >= 0.3 is 10.2 Å². The van der Waals surface area contributed by atoms with Crippen molar-refractivity contribution in [1.29, 1.82) is 0 Å². The third-order valence-corrected chi connectivity index (χ3v) is 6.14. The number of nitrogens with zero attached hydrogens (tertiary/aromatic N) is 2. The van der Waals surface area contributed by atoms with Gasteiger partial charge in [0.25, 0.3) is 0 Å². The largest absolute Gasteiger partial charge is 0.495 e. The summed E-state index contributed by atoms with van der Waals surface area (Å²) >= 11 is 5.99. The van der Waals surface area contributed by atoms with Crippen LogP contribution in [0.4, 0.5) is 11.4 Å². The fourth-order valence-electron chi connectivity index (χ4n) is 2.57. The van der Waals surface area contributed by atoms with Gasteiger partial charge in [0.15, 0.2) is 0 Å². The molecular formula is C19H24ClN3O4S. The van der Waals surface area contributed by atoms with Crippen molar-refractivity contribution in [2.45, 2.75) is 13.8 Å². The number of hydrogen-bond donors (Lipinski definition) is 1. The molecule has 0 aliphatic heterocycles. The average Bonchev–Trinajstić information content (AvgIpc) is 2.62. The lowest BCUT2D eigenvalue weighted by Crippen LogP contribution is -2.44. The van der Waals surface area contributed by atoms with Crippen molar-refractivity contribution >= 4 is 39.1 Å². The summed E-state index contributed by atoms with van der Waals surface area (Å²) in [6.45, 7) is 3.26. The molecule has 0 radical (unpaired) electrons. The van der Waals surface area contributed by atoms with E-state index in [1.165, 1.54) is 21.2 Å². The number of nitrogens with one attached hydrogen (secondary N) is 1. The molecule has 7 nitrogen and oxygen atoms in total. The molecular weight excluding hydrogens is 402 g/mol. The van der Waals surface area contributed by atoms with Gasteiger partial charge in [-0.05, 0) is 49.2 Å². The first-order chi connectivity index (χ1) is 13.1. The van der Waals surface area contributed by atoms with Gasteiger partial charge in [-0.15, -0.1) is 0 Å². The second-order valence-electron chi connectivity index (χ2n) is 6.48. The zero-order valence-electron chi connectivity index (χ0n) is 16.5. The Kier molecular flexibility index (Phi) is 6.92. The average molecular weight is 426 g/mol. The van der Waals surface area contributed by atoms with E-state index in [1.54, 1.807) is 31.2 Å². The molecule has 0 spiro atoms. The maximum atomic E-state index is 12.9. The SMILES string of the molecule is COc1ccc(Cl)cc1NC(=O)CN(c1cc(C)ccc1C)S(=O)(=O)N(C)C. The van der Waals surface area contributed by atoms with Crippen molar-refractivity contribution in [3.63, 3.8) is 0 Å². The van der Waals surface area contributed by atoms with Crippen molar-refractivity contribution < 1.29 is 17.9 Å². The van der Waals surface area contributed by atoms with Gasteiger partial charge in [-0.25, -0.2) is 4.31 Å². The molecule has 0 aliphatic rings. The van der Waals surface area contributed by atoms with Crippen molar-refractivity contribution in [1.82, 2.24) is 4.31 Å². The highest BCUT2D eigenvalue weighted by Crippen LogP contribution is 2.29. The Hall–Kier alpha value is -2.29. The molecule has 2 aromatic rings. The van der Waals surface area contributed by atoms with E-state index >= 15 is 0 Å². The summed E-state index contributed by atoms with van der Waals surface area (Å²) in [5.41, 5.74) is 2.44. The molecule has 0 saturated heterocycles. The zero-order valence-corrected chi connectivity index (χ0v) is 18.1. The summed E-state index contributed by atoms with van der Waals surface area (Å²) < 4.78 is 33.1. The van der Waals surface area contributed by atoms with Crippen molar-refractivity contribution in [3.05, 3.63) is 52.5 Å². The Morgan fingerprint density at radius 3 is 2.43 bits per heavy atom. The van der Waals surface area contributed by atoms with E-state index in [1.807, 2.05) is 19.1 Å². The van der Waals surface area contributed by atoms with Crippen LogP contribution in [0.1, 0.15) is 11.1 Å². The predicted octanol–water partition coefficient (Wildman–Crippen LogP) is 3.22. The van der Waals surface area contributed by atoms with Crippen molar-refractivity contribution in [2.24, 2.45) is 0 Å². The van der Waals surface area contributed by atoms with E-state index in [-0.39, 0.29) is 0 Å². The molecule has 9 heteroatoms. The van der Waals surface area contributed by atoms with E-state index < -0.39 is 22.7 Å². The molecule has 2 rings (SSSR count). The number of carbonyl (C=O) groups excluding carboxylic acids is 1. The minimum Gasteiger partial charge on any atom is -0.495 e. The van der Waals surface area contributed by atoms with Gasteiger partial charge in [0.1, 0.15) is 12.3 Å². The van der Waals surface area contributed by atoms with Gasteiger partial charge in [-0.3, -0.25) is 4.79 Å². The first-order valence-corrected chi connectivity index (χ1v) is 10.2. The lowest BCUT2D eigenvalue weighted by atomic mass is 10.1.